The van der Waals surface area contributed by atoms with Crippen molar-refractivity contribution in [3.05, 3.63) is 47.2 Å². The molecular weight excluding hydrogens is 472 g/mol. The van der Waals surface area contributed by atoms with Crippen LogP contribution < -0.4 is 0 Å². The van der Waals surface area contributed by atoms with Crippen LogP contribution in [0.3, 0.4) is 0 Å². The Morgan fingerprint density at radius 1 is 1.00 bits per heavy atom. The van der Waals surface area contributed by atoms with E-state index in [4.69, 9.17) is 6.57 Å². The molecule has 1 aromatic heterocycles. The summed E-state index contributed by atoms with van der Waals surface area (Å²) in [6.07, 6.45) is 14.7. The van der Waals surface area contributed by atoms with E-state index >= 15 is 0 Å². The molecule has 0 radical (unpaired) electrons. The SMILES string of the molecule is [C-]#[N+]C1=C[C@]2(C)C3=CC(=O)[C@@H]4[C@@H]5CC(C)(C)CC[C@]5(n5ccnn5)CC[C@@]4(C)[C@]3(C)CC[C@H]2C(C)(C)C1=O. The monoisotopic (exact) mass is 514 g/mol. The lowest BCUT2D eigenvalue weighted by molar-refractivity contribution is -0.169. The van der Waals surface area contributed by atoms with Crippen molar-refractivity contribution in [2.75, 3.05) is 0 Å². The third-order valence-electron chi connectivity index (χ3n) is 12.7. The van der Waals surface area contributed by atoms with Crippen LogP contribution in [0.5, 0.6) is 0 Å². The Labute approximate surface area is 227 Å². The third kappa shape index (κ3) is 2.94. The summed E-state index contributed by atoms with van der Waals surface area (Å²) in [6, 6.07) is 0. The van der Waals surface area contributed by atoms with Gasteiger partial charge in [-0.05, 0) is 79.1 Å². The zero-order valence-corrected chi connectivity index (χ0v) is 24.1. The minimum atomic E-state index is -0.630. The van der Waals surface area contributed by atoms with Gasteiger partial charge in [0.2, 0.25) is 5.70 Å². The Morgan fingerprint density at radius 3 is 2.37 bits per heavy atom. The molecule has 0 aliphatic heterocycles. The highest BCUT2D eigenvalue weighted by Crippen LogP contribution is 2.74. The van der Waals surface area contributed by atoms with Crippen molar-refractivity contribution in [2.24, 2.45) is 44.8 Å². The molecule has 5 aliphatic carbocycles. The van der Waals surface area contributed by atoms with Gasteiger partial charge in [0.1, 0.15) is 0 Å². The van der Waals surface area contributed by atoms with Crippen LogP contribution in [0, 0.1) is 51.4 Å². The average molecular weight is 515 g/mol. The number of ketones is 2. The first-order valence-electron chi connectivity index (χ1n) is 14.4. The smallest absolute Gasteiger partial charge is 0.226 e. The van der Waals surface area contributed by atoms with Crippen molar-refractivity contribution in [1.29, 1.82) is 0 Å². The summed E-state index contributed by atoms with van der Waals surface area (Å²) in [4.78, 5) is 31.5. The van der Waals surface area contributed by atoms with Gasteiger partial charge in [-0.1, -0.05) is 65.3 Å². The van der Waals surface area contributed by atoms with Gasteiger partial charge < -0.3 is 4.79 Å². The second kappa shape index (κ2) is 7.55. The van der Waals surface area contributed by atoms with Gasteiger partial charge in [-0.3, -0.25) is 4.79 Å². The molecule has 38 heavy (non-hydrogen) atoms. The predicted octanol–water partition coefficient (Wildman–Crippen LogP) is 6.56. The molecular formula is C32H42N4O2. The van der Waals surface area contributed by atoms with Gasteiger partial charge in [0.25, 0.3) is 0 Å². The lowest BCUT2D eigenvalue weighted by atomic mass is 9.35. The predicted molar refractivity (Wildman–Crippen MR) is 145 cm³/mol. The lowest BCUT2D eigenvalue weighted by Crippen LogP contribution is -2.66. The van der Waals surface area contributed by atoms with E-state index in [0.29, 0.717) is 0 Å². The van der Waals surface area contributed by atoms with Gasteiger partial charge >= 0.3 is 0 Å². The van der Waals surface area contributed by atoms with Gasteiger partial charge in [-0.2, -0.15) is 0 Å². The van der Waals surface area contributed by atoms with Crippen molar-refractivity contribution in [3.8, 4) is 0 Å². The van der Waals surface area contributed by atoms with E-state index < -0.39 is 10.8 Å². The van der Waals surface area contributed by atoms with Crippen LogP contribution in [0.2, 0.25) is 0 Å². The number of hydrogen-bond acceptors (Lipinski definition) is 4. The van der Waals surface area contributed by atoms with Gasteiger partial charge in [0.15, 0.2) is 11.6 Å². The molecule has 6 rings (SSSR count). The molecule has 6 nitrogen and oxygen atoms in total. The summed E-state index contributed by atoms with van der Waals surface area (Å²) in [5, 5.41) is 8.71. The van der Waals surface area contributed by atoms with Crippen molar-refractivity contribution in [1.82, 2.24) is 15.0 Å². The van der Waals surface area contributed by atoms with E-state index in [1.54, 1.807) is 6.20 Å². The van der Waals surface area contributed by atoms with Crippen molar-refractivity contribution in [3.63, 3.8) is 0 Å². The molecule has 202 valence electrons. The number of aromatic nitrogens is 3. The third-order valence-corrected chi connectivity index (χ3v) is 12.7. The van der Waals surface area contributed by atoms with Crippen LogP contribution >= 0.6 is 0 Å². The zero-order chi connectivity index (χ0) is 27.5. The topological polar surface area (TPSA) is 69.2 Å². The minimum Gasteiger partial charge on any atom is -0.307 e. The molecule has 0 saturated heterocycles. The first-order valence-corrected chi connectivity index (χ1v) is 14.4. The van der Waals surface area contributed by atoms with Crippen LogP contribution in [0.25, 0.3) is 4.85 Å². The highest BCUT2D eigenvalue weighted by atomic mass is 16.1. The molecule has 0 amide bonds. The fourth-order valence-electron chi connectivity index (χ4n) is 10.4. The molecule has 5 aliphatic rings. The van der Waals surface area contributed by atoms with Crippen LogP contribution in [-0.2, 0) is 15.1 Å². The molecule has 3 fully saturated rings. The lowest BCUT2D eigenvalue weighted by Gasteiger charge is -2.69. The van der Waals surface area contributed by atoms with E-state index in [1.165, 1.54) is 0 Å². The molecule has 0 unspecified atom stereocenters. The fraction of sp³-hybridized carbons (Fsp3) is 0.719. The normalized spacial score (nSPS) is 44.9. The van der Waals surface area contributed by atoms with Crippen LogP contribution in [0.4, 0.5) is 0 Å². The standard InChI is InChI=1S/C32H42N4O2/c1-27(2)11-13-32(36-16-15-34-35-36)14-12-31(7)25(20(32)18-27)22(37)17-24-29(5)19-21(33-8)26(38)28(3,4)23(29)9-10-30(24,31)6/h15-17,19-20,23,25H,9-14,18H2,1-7H3/t20-,23-,25-,29-,30+,31+,32-/m0/s1. The fourth-order valence-corrected chi connectivity index (χ4v) is 10.4. The van der Waals surface area contributed by atoms with Crippen molar-refractivity contribution in [2.45, 2.75) is 99.0 Å². The number of allylic oxidation sites excluding steroid dienone is 4. The molecule has 1 heterocycles. The number of Topliss-reactive ketones (excluding diaryl/α,β-unsaturated/α-hetero) is 1. The number of carbonyl (C=O) groups is 2. The Bertz CT molecular complexity index is 1330. The largest absolute Gasteiger partial charge is 0.307 e. The van der Waals surface area contributed by atoms with E-state index in [2.05, 4.69) is 54.5 Å². The quantitative estimate of drug-likeness (QED) is 0.398. The number of hydrogen-bond donors (Lipinski definition) is 0. The summed E-state index contributed by atoms with van der Waals surface area (Å²) < 4.78 is 2.10. The average Bonchev–Trinajstić information content (AvgIpc) is 3.38. The number of carbonyl (C=O) groups excluding carboxylic acids is 2. The van der Waals surface area contributed by atoms with E-state index in [9.17, 15) is 9.59 Å². The molecule has 0 bridgehead atoms. The summed E-state index contributed by atoms with van der Waals surface area (Å²) in [6.45, 7) is 23.5. The molecule has 7 atom stereocenters. The number of rotatable bonds is 1. The minimum absolute atomic E-state index is 0.0508. The summed E-state index contributed by atoms with van der Waals surface area (Å²) in [5.74, 6) is 0.368. The first kappa shape index (κ1) is 25.7. The Balaban J connectivity index is 1.54. The van der Waals surface area contributed by atoms with Gasteiger partial charge in [0.05, 0.1) is 18.3 Å². The van der Waals surface area contributed by atoms with Gasteiger partial charge in [-0.25, -0.2) is 9.53 Å². The van der Waals surface area contributed by atoms with E-state index in [-0.39, 0.29) is 56.8 Å². The molecule has 3 saturated carbocycles. The molecule has 0 aromatic carbocycles. The van der Waals surface area contributed by atoms with Crippen molar-refractivity contribution < 1.29 is 9.59 Å². The maximum atomic E-state index is 14.5. The maximum absolute atomic E-state index is 14.5. The molecule has 1 aromatic rings. The molecule has 0 N–H and O–H groups in total. The Morgan fingerprint density at radius 2 is 1.71 bits per heavy atom. The van der Waals surface area contributed by atoms with Crippen LogP contribution in [0.15, 0.2) is 35.8 Å². The molecule has 0 spiro atoms. The Hall–Kier alpha value is -2.55. The first-order chi connectivity index (χ1) is 17.7. The van der Waals surface area contributed by atoms with Crippen molar-refractivity contribution >= 4 is 11.6 Å². The van der Waals surface area contributed by atoms with E-state index in [1.807, 2.05) is 32.2 Å². The van der Waals surface area contributed by atoms with Gasteiger partial charge in [0, 0.05) is 22.9 Å². The van der Waals surface area contributed by atoms with Crippen LogP contribution in [-0.4, -0.2) is 26.6 Å². The summed E-state index contributed by atoms with van der Waals surface area (Å²) >= 11 is 0. The zero-order valence-electron chi connectivity index (χ0n) is 24.1. The van der Waals surface area contributed by atoms with Crippen LogP contribution in [0.1, 0.15) is 93.4 Å². The Kier molecular flexibility index (Phi) is 5.11. The highest BCUT2D eigenvalue weighted by Gasteiger charge is 2.70. The second-order valence-electron chi connectivity index (χ2n) is 15.2. The number of fused-ring (bicyclic) bond motifs is 7. The summed E-state index contributed by atoms with van der Waals surface area (Å²) in [5.41, 5.74) is -0.117. The highest BCUT2D eigenvalue weighted by molar-refractivity contribution is 6.03. The van der Waals surface area contributed by atoms with E-state index in [0.717, 1.165) is 50.5 Å². The number of nitrogens with zero attached hydrogens (tertiary/aromatic N) is 4. The second-order valence-corrected chi connectivity index (χ2v) is 15.2. The maximum Gasteiger partial charge on any atom is 0.226 e. The molecule has 6 heteroatoms. The van der Waals surface area contributed by atoms with Gasteiger partial charge in [-0.15, -0.1) is 5.10 Å². The summed E-state index contributed by atoms with van der Waals surface area (Å²) in [7, 11) is 0.